The van der Waals surface area contributed by atoms with E-state index in [0.29, 0.717) is 5.82 Å². The summed E-state index contributed by atoms with van der Waals surface area (Å²) >= 11 is 0. The van der Waals surface area contributed by atoms with Gasteiger partial charge in [0.2, 0.25) is 5.95 Å². The van der Waals surface area contributed by atoms with Gasteiger partial charge in [-0.25, -0.2) is 4.98 Å². The Morgan fingerprint density at radius 1 is 1.40 bits per heavy atom. The maximum atomic E-state index is 9.09. The molecular weight excluding hydrogens is 196 g/mol. The van der Waals surface area contributed by atoms with Crippen LogP contribution in [0.2, 0.25) is 0 Å². The number of nitrogens with zero attached hydrogens (tertiary/aromatic N) is 2. The van der Waals surface area contributed by atoms with Gasteiger partial charge in [0.05, 0.1) is 18.8 Å². The molecule has 84 valence electrons. The van der Waals surface area contributed by atoms with Crippen molar-refractivity contribution < 1.29 is 10.2 Å². The first-order valence-electron chi connectivity index (χ1n) is 4.60. The third kappa shape index (κ3) is 3.03. The van der Waals surface area contributed by atoms with Crippen molar-refractivity contribution in [2.75, 3.05) is 24.3 Å². The van der Waals surface area contributed by atoms with Crippen LogP contribution in [0.4, 0.5) is 11.8 Å². The fraction of sp³-hybridized carbons (Fsp3) is 0.556. The van der Waals surface area contributed by atoms with Crippen molar-refractivity contribution in [2.24, 2.45) is 0 Å². The highest BCUT2D eigenvalue weighted by molar-refractivity contribution is 5.42. The first kappa shape index (κ1) is 11.7. The quantitative estimate of drug-likeness (QED) is 0.537. The van der Waals surface area contributed by atoms with Gasteiger partial charge in [0, 0.05) is 11.8 Å². The molecule has 1 aromatic rings. The van der Waals surface area contributed by atoms with Gasteiger partial charge in [0.25, 0.3) is 0 Å². The molecular formula is C9H16N4O2. The van der Waals surface area contributed by atoms with Crippen LogP contribution in [-0.2, 0) is 0 Å². The number of hydrogen-bond donors (Lipinski definition) is 4. The van der Waals surface area contributed by atoms with Gasteiger partial charge in [-0.05, 0) is 13.8 Å². The molecule has 0 aromatic carbocycles. The number of aliphatic hydroxyl groups excluding tert-OH is 2. The van der Waals surface area contributed by atoms with E-state index < -0.39 is 5.54 Å². The molecule has 0 aliphatic heterocycles. The second-order valence-corrected chi connectivity index (χ2v) is 3.75. The minimum absolute atomic E-state index is 0.163. The number of nitrogens with one attached hydrogen (secondary N) is 1. The van der Waals surface area contributed by atoms with Gasteiger partial charge in [0.15, 0.2) is 0 Å². The Morgan fingerprint density at radius 2 is 2.00 bits per heavy atom. The molecule has 0 aliphatic rings. The number of aromatic nitrogens is 2. The van der Waals surface area contributed by atoms with E-state index in [1.165, 1.54) is 0 Å². The van der Waals surface area contributed by atoms with Crippen molar-refractivity contribution >= 4 is 11.8 Å². The summed E-state index contributed by atoms with van der Waals surface area (Å²) in [6.07, 6.45) is 0. The number of anilines is 2. The van der Waals surface area contributed by atoms with Gasteiger partial charge in [-0.3, -0.25) is 0 Å². The van der Waals surface area contributed by atoms with Crippen molar-refractivity contribution in [1.82, 2.24) is 9.97 Å². The Kier molecular flexibility index (Phi) is 3.43. The topological polar surface area (TPSA) is 104 Å². The highest BCUT2D eigenvalue weighted by Gasteiger charge is 2.22. The smallest absolute Gasteiger partial charge is 0.222 e. The summed E-state index contributed by atoms with van der Waals surface area (Å²) in [5.74, 6) is 0.654. The zero-order chi connectivity index (χ0) is 11.5. The number of aryl methyl sites for hydroxylation is 1. The molecule has 0 bridgehead atoms. The van der Waals surface area contributed by atoms with Crippen LogP contribution in [0.3, 0.4) is 0 Å². The van der Waals surface area contributed by atoms with Crippen molar-refractivity contribution in [2.45, 2.75) is 19.4 Å². The second-order valence-electron chi connectivity index (χ2n) is 3.75. The van der Waals surface area contributed by atoms with Crippen LogP contribution in [0.15, 0.2) is 6.07 Å². The predicted molar refractivity (Wildman–Crippen MR) is 57.4 cm³/mol. The van der Waals surface area contributed by atoms with E-state index >= 15 is 0 Å². The Hall–Kier alpha value is -1.40. The second kappa shape index (κ2) is 4.41. The van der Waals surface area contributed by atoms with Crippen LogP contribution in [0.5, 0.6) is 0 Å². The Balaban J connectivity index is 2.88. The Bertz CT molecular complexity index is 319. The van der Waals surface area contributed by atoms with Crippen LogP contribution in [0.25, 0.3) is 0 Å². The van der Waals surface area contributed by atoms with E-state index in [-0.39, 0.29) is 19.2 Å². The maximum Gasteiger partial charge on any atom is 0.222 e. The molecule has 5 N–H and O–H groups in total. The van der Waals surface area contributed by atoms with E-state index in [1.807, 2.05) is 0 Å². The average Bonchev–Trinajstić information content (AvgIpc) is 2.16. The molecule has 0 radical (unpaired) electrons. The van der Waals surface area contributed by atoms with Crippen LogP contribution < -0.4 is 11.1 Å². The normalized spacial score (nSPS) is 11.5. The summed E-state index contributed by atoms with van der Waals surface area (Å²) < 4.78 is 0. The SMILES string of the molecule is Cc1cc(NC(C)(CO)CO)nc(N)n1. The summed E-state index contributed by atoms with van der Waals surface area (Å²) in [5.41, 5.74) is 5.39. The van der Waals surface area contributed by atoms with Gasteiger partial charge >= 0.3 is 0 Å². The van der Waals surface area contributed by atoms with Gasteiger partial charge in [-0.2, -0.15) is 4.98 Å². The maximum absolute atomic E-state index is 9.09. The van der Waals surface area contributed by atoms with Crippen molar-refractivity contribution in [3.05, 3.63) is 11.8 Å². The first-order valence-corrected chi connectivity index (χ1v) is 4.60. The average molecular weight is 212 g/mol. The molecule has 0 unspecified atom stereocenters. The molecule has 0 aliphatic carbocycles. The van der Waals surface area contributed by atoms with Crippen LogP contribution in [0.1, 0.15) is 12.6 Å². The largest absolute Gasteiger partial charge is 0.394 e. The van der Waals surface area contributed by atoms with Gasteiger partial charge in [-0.1, -0.05) is 0 Å². The standard InChI is InChI=1S/C9H16N4O2/c1-6-3-7(12-8(10)11-6)13-9(2,4-14)5-15/h3,14-15H,4-5H2,1-2H3,(H3,10,11,12,13). The van der Waals surface area contributed by atoms with E-state index in [4.69, 9.17) is 15.9 Å². The molecule has 1 rings (SSSR count). The summed E-state index contributed by atoms with van der Waals surface area (Å²) in [5, 5.41) is 21.1. The molecule has 0 spiro atoms. The minimum atomic E-state index is -0.812. The van der Waals surface area contributed by atoms with Crippen molar-refractivity contribution in [3.8, 4) is 0 Å². The highest BCUT2D eigenvalue weighted by atomic mass is 16.3. The molecule has 0 amide bonds. The molecule has 6 nitrogen and oxygen atoms in total. The lowest BCUT2D eigenvalue weighted by Crippen LogP contribution is -2.42. The number of nitrogens with two attached hydrogens (primary N) is 1. The number of hydrogen-bond acceptors (Lipinski definition) is 6. The molecule has 0 fully saturated rings. The predicted octanol–water partition coefficient (Wildman–Crippen LogP) is -0.478. The van der Waals surface area contributed by atoms with Gasteiger partial charge in [0.1, 0.15) is 5.82 Å². The van der Waals surface area contributed by atoms with Crippen LogP contribution in [0, 0.1) is 6.92 Å². The first-order chi connectivity index (χ1) is 6.99. The summed E-state index contributed by atoms with van der Waals surface area (Å²) in [4.78, 5) is 7.87. The zero-order valence-corrected chi connectivity index (χ0v) is 8.86. The molecule has 1 heterocycles. The third-order valence-electron chi connectivity index (χ3n) is 2.00. The molecule has 0 saturated carbocycles. The molecule has 6 heteroatoms. The van der Waals surface area contributed by atoms with Crippen molar-refractivity contribution in [1.29, 1.82) is 0 Å². The van der Waals surface area contributed by atoms with E-state index in [9.17, 15) is 0 Å². The third-order valence-corrected chi connectivity index (χ3v) is 2.00. The molecule has 0 atom stereocenters. The van der Waals surface area contributed by atoms with Gasteiger partial charge < -0.3 is 21.3 Å². The van der Waals surface area contributed by atoms with Crippen molar-refractivity contribution in [3.63, 3.8) is 0 Å². The number of nitrogen functional groups attached to an aromatic ring is 1. The Labute approximate surface area is 88.2 Å². The fourth-order valence-corrected chi connectivity index (χ4v) is 1.09. The number of rotatable bonds is 4. The highest BCUT2D eigenvalue weighted by Crippen LogP contribution is 2.14. The van der Waals surface area contributed by atoms with Crippen LogP contribution >= 0.6 is 0 Å². The zero-order valence-electron chi connectivity index (χ0n) is 8.86. The summed E-state index contributed by atoms with van der Waals surface area (Å²) in [6, 6.07) is 1.69. The van der Waals surface area contributed by atoms with E-state index in [1.54, 1.807) is 19.9 Å². The lowest BCUT2D eigenvalue weighted by atomic mass is 10.1. The van der Waals surface area contributed by atoms with Gasteiger partial charge in [-0.15, -0.1) is 0 Å². The molecule has 15 heavy (non-hydrogen) atoms. The monoisotopic (exact) mass is 212 g/mol. The Morgan fingerprint density at radius 3 is 2.47 bits per heavy atom. The number of aliphatic hydroxyl groups is 2. The summed E-state index contributed by atoms with van der Waals surface area (Å²) in [6.45, 7) is 3.07. The molecule has 1 aromatic heterocycles. The lowest BCUT2D eigenvalue weighted by molar-refractivity contribution is 0.147. The van der Waals surface area contributed by atoms with Crippen LogP contribution in [-0.4, -0.2) is 38.9 Å². The lowest BCUT2D eigenvalue weighted by Gasteiger charge is -2.26. The minimum Gasteiger partial charge on any atom is -0.394 e. The fourth-order valence-electron chi connectivity index (χ4n) is 1.09. The van der Waals surface area contributed by atoms with E-state index in [0.717, 1.165) is 5.69 Å². The summed E-state index contributed by atoms with van der Waals surface area (Å²) in [7, 11) is 0. The van der Waals surface area contributed by atoms with E-state index in [2.05, 4.69) is 15.3 Å². The molecule has 0 saturated heterocycles.